The van der Waals surface area contributed by atoms with Crippen LogP contribution in [-0.4, -0.2) is 65.9 Å². The number of aliphatic imine (C=N–C) groups is 1. The van der Waals surface area contributed by atoms with Crippen LogP contribution in [0.25, 0.3) is 0 Å². The van der Waals surface area contributed by atoms with Gasteiger partial charge in [-0.3, -0.25) is 4.79 Å². The highest BCUT2D eigenvalue weighted by Gasteiger charge is 2.29. The van der Waals surface area contributed by atoms with Gasteiger partial charge in [-0.15, -0.1) is 0 Å². The van der Waals surface area contributed by atoms with Crippen molar-refractivity contribution in [2.45, 2.75) is 13.0 Å². The SMILES string of the molecule is CC(C(=O)N1CCN(c2ccc(F)cc2F)CC1)N(C)c1cc(/N=C(\N)c2ccco2)nc(N)n1. The van der Waals surface area contributed by atoms with Crippen molar-refractivity contribution < 1.29 is 18.0 Å². The molecule has 3 heterocycles. The number of hydrogen-bond donors (Lipinski definition) is 2. The fraction of sp³-hybridized carbons (Fsp3) is 0.304. The predicted molar refractivity (Wildman–Crippen MR) is 129 cm³/mol. The number of rotatable bonds is 6. The number of nitrogens with two attached hydrogens (primary N) is 2. The van der Waals surface area contributed by atoms with Gasteiger partial charge in [0, 0.05) is 45.4 Å². The monoisotopic (exact) mass is 484 g/mol. The van der Waals surface area contributed by atoms with Crippen molar-refractivity contribution in [2.75, 3.05) is 48.8 Å². The van der Waals surface area contributed by atoms with E-state index in [9.17, 15) is 13.6 Å². The fourth-order valence-corrected chi connectivity index (χ4v) is 3.81. The number of furan rings is 1. The maximum absolute atomic E-state index is 14.1. The molecule has 35 heavy (non-hydrogen) atoms. The number of anilines is 3. The molecule has 0 radical (unpaired) electrons. The van der Waals surface area contributed by atoms with E-state index in [1.165, 1.54) is 18.4 Å². The zero-order valence-electron chi connectivity index (χ0n) is 19.4. The second-order valence-electron chi connectivity index (χ2n) is 8.11. The lowest BCUT2D eigenvalue weighted by Crippen LogP contribution is -2.54. The molecule has 1 aliphatic rings. The molecule has 184 valence electrons. The summed E-state index contributed by atoms with van der Waals surface area (Å²) in [6.07, 6.45) is 1.48. The summed E-state index contributed by atoms with van der Waals surface area (Å²) < 4.78 is 32.6. The number of benzene rings is 1. The van der Waals surface area contributed by atoms with Crippen molar-refractivity contribution in [1.29, 1.82) is 0 Å². The van der Waals surface area contributed by atoms with E-state index in [4.69, 9.17) is 15.9 Å². The molecule has 2 aromatic heterocycles. The number of halogens is 2. The minimum atomic E-state index is -0.625. The minimum Gasteiger partial charge on any atom is -0.461 e. The van der Waals surface area contributed by atoms with Crippen LogP contribution in [-0.2, 0) is 4.79 Å². The number of likely N-dealkylation sites (N-methyl/N-ethyl adjacent to an activating group) is 1. The van der Waals surface area contributed by atoms with Gasteiger partial charge in [0.15, 0.2) is 17.4 Å². The molecule has 4 N–H and O–H groups in total. The Balaban J connectivity index is 1.43. The number of amidine groups is 1. The first-order valence-electron chi connectivity index (χ1n) is 11.0. The summed E-state index contributed by atoms with van der Waals surface area (Å²) in [6.45, 7) is 3.41. The number of aromatic nitrogens is 2. The third-order valence-corrected chi connectivity index (χ3v) is 5.87. The smallest absolute Gasteiger partial charge is 0.245 e. The molecule has 0 spiro atoms. The Kier molecular flexibility index (Phi) is 6.80. The molecular weight excluding hydrogens is 458 g/mol. The van der Waals surface area contributed by atoms with Gasteiger partial charge in [-0.2, -0.15) is 9.97 Å². The Morgan fingerprint density at radius 3 is 2.57 bits per heavy atom. The average Bonchev–Trinajstić information content (AvgIpc) is 3.38. The normalized spacial score (nSPS) is 15.3. The van der Waals surface area contributed by atoms with Gasteiger partial charge in [-0.25, -0.2) is 13.8 Å². The van der Waals surface area contributed by atoms with Crippen molar-refractivity contribution in [1.82, 2.24) is 14.9 Å². The summed E-state index contributed by atoms with van der Waals surface area (Å²) in [6, 6.07) is 7.86. The first-order chi connectivity index (χ1) is 16.7. The maximum atomic E-state index is 14.1. The topological polar surface area (TPSA) is 130 Å². The van der Waals surface area contributed by atoms with Crippen LogP contribution < -0.4 is 21.3 Å². The molecule has 0 aliphatic carbocycles. The maximum Gasteiger partial charge on any atom is 0.245 e. The van der Waals surface area contributed by atoms with Crippen LogP contribution in [0.1, 0.15) is 12.7 Å². The second-order valence-corrected chi connectivity index (χ2v) is 8.11. The summed E-state index contributed by atoms with van der Waals surface area (Å²) in [7, 11) is 1.72. The first kappa shape index (κ1) is 23.9. The summed E-state index contributed by atoms with van der Waals surface area (Å²) in [5.74, 6) is -0.245. The average molecular weight is 485 g/mol. The highest BCUT2D eigenvalue weighted by Crippen LogP contribution is 2.24. The Morgan fingerprint density at radius 1 is 1.17 bits per heavy atom. The molecule has 1 fully saturated rings. The zero-order valence-corrected chi connectivity index (χ0v) is 19.4. The third kappa shape index (κ3) is 5.31. The number of carbonyl (C=O) groups excluding carboxylic acids is 1. The quantitative estimate of drug-likeness (QED) is 0.402. The van der Waals surface area contributed by atoms with Crippen LogP contribution in [0.4, 0.5) is 32.1 Å². The van der Waals surface area contributed by atoms with E-state index in [1.807, 2.05) is 0 Å². The standard InChI is InChI=1S/C23H26F2N8O2/c1-14(22(34)33-9-7-32(8-10-33)17-6-5-15(24)12-16(17)25)31(2)20-13-19(29-23(27)30-20)28-21(26)18-4-3-11-35-18/h3-6,11-14H,7-10H2,1-2H3,(H4,26,27,28,29,30). The van der Waals surface area contributed by atoms with Gasteiger partial charge in [-0.1, -0.05) is 0 Å². The number of amides is 1. The summed E-state index contributed by atoms with van der Waals surface area (Å²) in [4.78, 5) is 30.9. The van der Waals surface area contributed by atoms with Crippen LogP contribution in [0.5, 0.6) is 0 Å². The van der Waals surface area contributed by atoms with E-state index in [-0.39, 0.29) is 23.5 Å². The van der Waals surface area contributed by atoms with Crippen LogP contribution in [0, 0.1) is 11.6 Å². The first-order valence-corrected chi connectivity index (χ1v) is 11.0. The Hall–Kier alpha value is -4.22. The van der Waals surface area contributed by atoms with E-state index in [1.54, 1.807) is 46.9 Å². The van der Waals surface area contributed by atoms with E-state index >= 15 is 0 Å². The number of piperazine rings is 1. The van der Waals surface area contributed by atoms with Gasteiger partial charge >= 0.3 is 0 Å². The van der Waals surface area contributed by atoms with Crippen LogP contribution in [0.3, 0.4) is 0 Å². The molecule has 1 atom stereocenters. The second kappa shape index (κ2) is 9.95. The lowest BCUT2D eigenvalue weighted by Gasteiger charge is -2.38. The molecule has 12 heteroatoms. The molecule has 1 aliphatic heterocycles. The lowest BCUT2D eigenvalue weighted by molar-refractivity contribution is -0.132. The van der Waals surface area contributed by atoms with Gasteiger partial charge in [0.25, 0.3) is 0 Å². The van der Waals surface area contributed by atoms with Crippen molar-refractivity contribution in [2.24, 2.45) is 10.7 Å². The van der Waals surface area contributed by atoms with Crippen LogP contribution >= 0.6 is 0 Å². The van der Waals surface area contributed by atoms with Gasteiger partial charge < -0.3 is 30.6 Å². The fourth-order valence-electron chi connectivity index (χ4n) is 3.81. The Morgan fingerprint density at radius 2 is 1.91 bits per heavy atom. The molecule has 1 aromatic carbocycles. The number of nitrogen functional groups attached to an aromatic ring is 1. The predicted octanol–water partition coefficient (Wildman–Crippen LogP) is 2.14. The highest BCUT2D eigenvalue weighted by atomic mass is 19.1. The number of carbonyl (C=O) groups is 1. The van der Waals surface area contributed by atoms with Crippen molar-refractivity contribution in [3.8, 4) is 0 Å². The molecule has 0 bridgehead atoms. The van der Waals surface area contributed by atoms with Crippen molar-refractivity contribution >= 4 is 35.0 Å². The Labute approximate surface area is 200 Å². The number of nitrogens with zero attached hydrogens (tertiary/aromatic N) is 6. The summed E-state index contributed by atoms with van der Waals surface area (Å²) >= 11 is 0. The third-order valence-electron chi connectivity index (χ3n) is 5.87. The molecule has 1 amide bonds. The van der Waals surface area contributed by atoms with Crippen LogP contribution in [0.2, 0.25) is 0 Å². The molecule has 3 aromatic rings. The molecule has 10 nitrogen and oxygen atoms in total. The summed E-state index contributed by atoms with van der Waals surface area (Å²) in [5.41, 5.74) is 12.1. The highest BCUT2D eigenvalue weighted by molar-refractivity contribution is 5.96. The van der Waals surface area contributed by atoms with Crippen LogP contribution in [0.15, 0.2) is 52.1 Å². The molecule has 4 rings (SSSR count). The Bertz CT molecular complexity index is 1230. The van der Waals surface area contributed by atoms with E-state index in [0.717, 1.165) is 6.07 Å². The van der Waals surface area contributed by atoms with E-state index in [2.05, 4.69) is 15.0 Å². The van der Waals surface area contributed by atoms with E-state index in [0.29, 0.717) is 43.4 Å². The molecule has 0 saturated carbocycles. The minimum absolute atomic E-state index is 0.0186. The largest absolute Gasteiger partial charge is 0.461 e. The van der Waals surface area contributed by atoms with Crippen molar-refractivity contribution in [3.63, 3.8) is 0 Å². The van der Waals surface area contributed by atoms with Gasteiger partial charge in [-0.05, 0) is 31.2 Å². The zero-order chi connectivity index (χ0) is 25.1. The number of hydrogen-bond acceptors (Lipinski definition) is 8. The molecule has 1 saturated heterocycles. The molecular formula is C23H26F2N8O2. The summed E-state index contributed by atoms with van der Waals surface area (Å²) in [5, 5.41) is 0. The van der Waals surface area contributed by atoms with Gasteiger partial charge in [0.2, 0.25) is 11.9 Å². The van der Waals surface area contributed by atoms with Gasteiger partial charge in [0.05, 0.1) is 12.0 Å². The van der Waals surface area contributed by atoms with E-state index < -0.39 is 17.7 Å². The van der Waals surface area contributed by atoms with Crippen molar-refractivity contribution in [3.05, 3.63) is 60.1 Å². The lowest BCUT2D eigenvalue weighted by atomic mass is 10.2. The molecule has 1 unspecified atom stereocenters. The van der Waals surface area contributed by atoms with Gasteiger partial charge in [0.1, 0.15) is 23.5 Å².